The van der Waals surface area contributed by atoms with E-state index in [1.165, 1.54) is 24.8 Å². The fraction of sp³-hybridized carbons (Fsp3) is 0.538. The molecule has 0 spiro atoms. The van der Waals surface area contributed by atoms with E-state index in [1.54, 1.807) is 16.7 Å². The van der Waals surface area contributed by atoms with E-state index in [0.717, 1.165) is 0 Å². The third-order valence-corrected chi connectivity index (χ3v) is 3.02. The van der Waals surface area contributed by atoms with Gasteiger partial charge in [-0.05, 0) is 48.8 Å². The first-order valence-electron chi connectivity index (χ1n) is 5.31. The van der Waals surface area contributed by atoms with Gasteiger partial charge in [-0.3, -0.25) is 0 Å². The second-order valence-corrected chi connectivity index (χ2v) is 4.50. The third kappa shape index (κ3) is 1.50. The van der Waals surface area contributed by atoms with Crippen LogP contribution in [0.4, 0.5) is 0 Å². The van der Waals surface area contributed by atoms with Crippen molar-refractivity contribution in [2.24, 2.45) is 0 Å². The zero-order valence-corrected chi connectivity index (χ0v) is 8.85. The lowest BCUT2D eigenvalue weighted by Crippen LogP contribution is -1.96. The Morgan fingerprint density at radius 3 is 2.62 bits per heavy atom. The summed E-state index contributed by atoms with van der Waals surface area (Å²) in [6, 6.07) is 4.74. The van der Waals surface area contributed by atoms with E-state index in [1.807, 2.05) is 0 Å². The lowest BCUT2D eigenvalue weighted by Gasteiger charge is -2.13. The van der Waals surface area contributed by atoms with Crippen molar-refractivity contribution >= 4 is 0 Å². The van der Waals surface area contributed by atoms with E-state index in [9.17, 15) is 0 Å². The maximum Gasteiger partial charge on any atom is -0.0216 e. The average molecular weight is 174 g/mol. The van der Waals surface area contributed by atoms with Crippen LogP contribution in [0.3, 0.4) is 0 Å². The molecular weight excluding hydrogens is 156 g/mol. The predicted octanol–water partition coefficient (Wildman–Crippen LogP) is 3.61. The van der Waals surface area contributed by atoms with Gasteiger partial charge in [0.15, 0.2) is 0 Å². The fourth-order valence-electron chi connectivity index (χ4n) is 2.42. The molecule has 0 aromatic heterocycles. The van der Waals surface area contributed by atoms with Gasteiger partial charge in [-0.1, -0.05) is 31.5 Å². The molecule has 0 bridgehead atoms. The zero-order valence-electron chi connectivity index (χ0n) is 8.85. The van der Waals surface area contributed by atoms with Crippen LogP contribution in [0.5, 0.6) is 0 Å². The smallest absolute Gasteiger partial charge is 0.0216 e. The van der Waals surface area contributed by atoms with Gasteiger partial charge in [0.05, 0.1) is 0 Å². The van der Waals surface area contributed by atoms with Crippen LogP contribution in [-0.2, 0) is 12.8 Å². The Bertz CT molecular complexity index is 321. The van der Waals surface area contributed by atoms with Gasteiger partial charge in [0.1, 0.15) is 0 Å². The van der Waals surface area contributed by atoms with Gasteiger partial charge >= 0.3 is 0 Å². The highest BCUT2D eigenvalue weighted by Crippen LogP contribution is 2.30. The summed E-state index contributed by atoms with van der Waals surface area (Å²) in [5.74, 6) is 0.687. The van der Waals surface area contributed by atoms with E-state index in [-0.39, 0.29) is 0 Å². The predicted molar refractivity (Wildman–Crippen MR) is 57.3 cm³/mol. The van der Waals surface area contributed by atoms with Crippen molar-refractivity contribution in [2.45, 2.75) is 46.0 Å². The second kappa shape index (κ2) is 3.17. The van der Waals surface area contributed by atoms with E-state index in [0.29, 0.717) is 5.92 Å². The molecule has 0 nitrogen and oxygen atoms in total. The molecule has 0 fully saturated rings. The number of fused-ring (bicyclic) bond motifs is 1. The molecule has 0 radical (unpaired) electrons. The molecule has 0 N–H and O–H groups in total. The lowest BCUT2D eigenvalue weighted by molar-refractivity contribution is 0.837. The van der Waals surface area contributed by atoms with Crippen LogP contribution in [0.15, 0.2) is 12.1 Å². The number of aryl methyl sites for hydroxylation is 2. The van der Waals surface area contributed by atoms with Gasteiger partial charge in [-0.25, -0.2) is 0 Å². The van der Waals surface area contributed by atoms with Crippen molar-refractivity contribution in [1.82, 2.24) is 0 Å². The SMILES string of the molecule is Cc1cc2c(c(C(C)C)c1)CCC2. The van der Waals surface area contributed by atoms with Crippen LogP contribution >= 0.6 is 0 Å². The number of benzene rings is 1. The summed E-state index contributed by atoms with van der Waals surface area (Å²) in [6.45, 7) is 6.81. The average Bonchev–Trinajstić information content (AvgIpc) is 2.49. The van der Waals surface area contributed by atoms with Crippen LogP contribution in [0, 0.1) is 6.92 Å². The Morgan fingerprint density at radius 2 is 1.92 bits per heavy atom. The molecule has 1 aromatic rings. The van der Waals surface area contributed by atoms with Crippen molar-refractivity contribution < 1.29 is 0 Å². The minimum absolute atomic E-state index is 0.687. The third-order valence-electron chi connectivity index (χ3n) is 3.02. The molecule has 0 heterocycles. The summed E-state index contributed by atoms with van der Waals surface area (Å²) in [4.78, 5) is 0. The largest absolute Gasteiger partial charge is 0.0587 e. The summed E-state index contributed by atoms with van der Waals surface area (Å²) >= 11 is 0. The second-order valence-electron chi connectivity index (χ2n) is 4.50. The lowest BCUT2D eigenvalue weighted by atomic mass is 9.93. The van der Waals surface area contributed by atoms with Crippen molar-refractivity contribution in [3.63, 3.8) is 0 Å². The van der Waals surface area contributed by atoms with Gasteiger partial charge in [0.25, 0.3) is 0 Å². The fourth-order valence-corrected chi connectivity index (χ4v) is 2.42. The maximum atomic E-state index is 2.37. The Balaban J connectivity index is 2.55. The van der Waals surface area contributed by atoms with Crippen LogP contribution in [-0.4, -0.2) is 0 Å². The molecule has 13 heavy (non-hydrogen) atoms. The molecule has 0 atom stereocenters. The molecule has 1 aliphatic rings. The first-order valence-corrected chi connectivity index (χ1v) is 5.31. The van der Waals surface area contributed by atoms with Crippen LogP contribution in [0.1, 0.15) is 48.4 Å². The molecule has 1 aromatic carbocycles. The Hall–Kier alpha value is -0.780. The number of hydrogen-bond acceptors (Lipinski definition) is 0. The number of rotatable bonds is 1. The Morgan fingerprint density at radius 1 is 1.15 bits per heavy atom. The first-order chi connectivity index (χ1) is 6.18. The molecule has 1 aliphatic carbocycles. The van der Waals surface area contributed by atoms with Crippen molar-refractivity contribution in [1.29, 1.82) is 0 Å². The summed E-state index contributed by atoms with van der Waals surface area (Å²) < 4.78 is 0. The first kappa shape index (κ1) is 8.80. The highest BCUT2D eigenvalue weighted by molar-refractivity contribution is 5.43. The maximum absolute atomic E-state index is 2.37. The molecule has 0 saturated carbocycles. The molecule has 0 unspecified atom stereocenters. The molecule has 0 saturated heterocycles. The van der Waals surface area contributed by atoms with E-state index < -0.39 is 0 Å². The van der Waals surface area contributed by atoms with Crippen LogP contribution < -0.4 is 0 Å². The molecule has 0 amide bonds. The normalized spacial score (nSPS) is 15.1. The molecule has 0 heteroatoms. The summed E-state index contributed by atoms with van der Waals surface area (Å²) in [5, 5.41) is 0. The quantitative estimate of drug-likeness (QED) is 0.610. The molecule has 70 valence electrons. The van der Waals surface area contributed by atoms with Crippen LogP contribution in [0.2, 0.25) is 0 Å². The molecular formula is C13H18. The Kier molecular flexibility index (Phi) is 2.15. The molecule has 2 rings (SSSR count). The van der Waals surface area contributed by atoms with E-state index >= 15 is 0 Å². The van der Waals surface area contributed by atoms with Gasteiger partial charge in [0, 0.05) is 0 Å². The summed E-state index contributed by atoms with van der Waals surface area (Å²) in [7, 11) is 0. The zero-order chi connectivity index (χ0) is 9.42. The van der Waals surface area contributed by atoms with Gasteiger partial charge in [-0.15, -0.1) is 0 Å². The minimum atomic E-state index is 0.687. The van der Waals surface area contributed by atoms with Gasteiger partial charge in [0.2, 0.25) is 0 Å². The van der Waals surface area contributed by atoms with Gasteiger partial charge < -0.3 is 0 Å². The minimum Gasteiger partial charge on any atom is -0.0587 e. The van der Waals surface area contributed by atoms with E-state index in [4.69, 9.17) is 0 Å². The van der Waals surface area contributed by atoms with Crippen molar-refractivity contribution in [3.05, 3.63) is 34.4 Å². The van der Waals surface area contributed by atoms with Crippen molar-refractivity contribution in [2.75, 3.05) is 0 Å². The topological polar surface area (TPSA) is 0 Å². The van der Waals surface area contributed by atoms with Crippen LogP contribution in [0.25, 0.3) is 0 Å². The van der Waals surface area contributed by atoms with E-state index in [2.05, 4.69) is 32.9 Å². The van der Waals surface area contributed by atoms with Gasteiger partial charge in [-0.2, -0.15) is 0 Å². The Labute approximate surface area is 81.0 Å². The summed E-state index contributed by atoms with van der Waals surface area (Å²) in [5.41, 5.74) is 6.29. The highest BCUT2D eigenvalue weighted by atomic mass is 14.2. The monoisotopic (exact) mass is 174 g/mol. The van der Waals surface area contributed by atoms with Crippen molar-refractivity contribution in [3.8, 4) is 0 Å². The standard InChI is InChI=1S/C13H18/c1-9(2)13-8-10(3)7-11-5-4-6-12(11)13/h7-9H,4-6H2,1-3H3. The number of hydrogen-bond donors (Lipinski definition) is 0. The molecule has 0 aliphatic heterocycles. The highest BCUT2D eigenvalue weighted by Gasteiger charge is 2.16. The summed E-state index contributed by atoms with van der Waals surface area (Å²) in [6.07, 6.45) is 3.97.